The van der Waals surface area contributed by atoms with Crippen molar-refractivity contribution in [2.45, 2.75) is 38.3 Å². The van der Waals surface area contributed by atoms with Crippen LogP contribution in [0.5, 0.6) is 0 Å². The van der Waals surface area contributed by atoms with Gasteiger partial charge in [-0.2, -0.15) is 0 Å². The number of carbonyl (C=O) groups is 1. The van der Waals surface area contributed by atoms with Gasteiger partial charge in [0.2, 0.25) is 5.91 Å². The van der Waals surface area contributed by atoms with E-state index in [1.807, 2.05) is 24.3 Å². The number of imidazole rings is 1. The van der Waals surface area contributed by atoms with Gasteiger partial charge in [0.15, 0.2) is 0 Å². The number of fused-ring (bicyclic) bond motifs is 1. The van der Waals surface area contributed by atoms with Gasteiger partial charge in [-0.15, -0.1) is 6.42 Å². The Balaban J connectivity index is 1.57. The Morgan fingerprint density at radius 3 is 3.13 bits per heavy atom. The normalized spacial score (nSPS) is 17.3. The largest absolute Gasteiger partial charge is 0.368 e. The van der Waals surface area contributed by atoms with Crippen molar-refractivity contribution in [3.05, 3.63) is 30.1 Å². The predicted octanol–water partition coefficient (Wildman–Crippen LogP) is 1.90. The number of terminal acetylenes is 1. The highest BCUT2D eigenvalue weighted by Crippen LogP contribution is 2.17. The summed E-state index contributed by atoms with van der Waals surface area (Å²) in [6.07, 6.45) is 8.61. The predicted molar refractivity (Wildman–Crippen MR) is 88.9 cm³/mol. The lowest BCUT2D eigenvalue weighted by Gasteiger charge is -2.10. The van der Waals surface area contributed by atoms with Crippen LogP contribution in [0.4, 0.5) is 0 Å². The first kappa shape index (κ1) is 15.6. The minimum Gasteiger partial charge on any atom is -0.368 e. The van der Waals surface area contributed by atoms with Gasteiger partial charge in [-0.25, -0.2) is 4.98 Å². The molecule has 1 amide bonds. The van der Waals surface area contributed by atoms with E-state index < -0.39 is 0 Å². The highest BCUT2D eigenvalue weighted by atomic mass is 16.5. The van der Waals surface area contributed by atoms with E-state index in [0.29, 0.717) is 19.7 Å². The van der Waals surface area contributed by atoms with Crippen LogP contribution in [0.15, 0.2) is 24.3 Å². The van der Waals surface area contributed by atoms with Crippen molar-refractivity contribution in [2.24, 2.45) is 0 Å². The molecule has 2 aromatic rings. The number of hydrogen-bond acceptors (Lipinski definition) is 3. The van der Waals surface area contributed by atoms with E-state index in [0.717, 1.165) is 42.5 Å². The molecule has 1 atom stereocenters. The SMILES string of the molecule is C#CCn1c(CCCNC(=O)C2CCCO2)nc2ccccc21. The van der Waals surface area contributed by atoms with Crippen molar-refractivity contribution >= 4 is 16.9 Å². The maximum Gasteiger partial charge on any atom is 0.249 e. The number of ether oxygens (including phenoxy) is 1. The number of benzene rings is 1. The molecule has 3 rings (SSSR count). The van der Waals surface area contributed by atoms with Crippen LogP contribution in [-0.4, -0.2) is 34.7 Å². The second kappa shape index (κ2) is 7.30. The molecule has 120 valence electrons. The zero-order valence-electron chi connectivity index (χ0n) is 13.1. The van der Waals surface area contributed by atoms with E-state index in [-0.39, 0.29) is 12.0 Å². The molecule has 5 nitrogen and oxygen atoms in total. The summed E-state index contributed by atoms with van der Waals surface area (Å²) in [7, 11) is 0. The molecule has 0 saturated carbocycles. The van der Waals surface area contributed by atoms with E-state index in [1.54, 1.807) is 0 Å². The summed E-state index contributed by atoms with van der Waals surface area (Å²) in [6, 6.07) is 7.98. The van der Waals surface area contributed by atoms with E-state index >= 15 is 0 Å². The number of para-hydroxylation sites is 2. The van der Waals surface area contributed by atoms with Crippen molar-refractivity contribution in [2.75, 3.05) is 13.2 Å². The first-order chi connectivity index (χ1) is 11.3. The van der Waals surface area contributed by atoms with E-state index in [9.17, 15) is 4.79 Å². The fraction of sp³-hybridized carbons (Fsp3) is 0.444. The van der Waals surface area contributed by atoms with Crippen LogP contribution >= 0.6 is 0 Å². The van der Waals surface area contributed by atoms with Crippen LogP contribution in [0.25, 0.3) is 11.0 Å². The number of hydrogen-bond donors (Lipinski definition) is 1. The molecule has 0 bridgehead atoms. The molecule has 1 unspecified atom stereocenters. The van der Waals surface area contributed by atoms with Gasteiger partial charge >= 0.3 is 0 Å². The van der Waals surface area contributed by atoms with Crippen molar-refractivity contribution in [1.29, 1.82) is 0 Å². The quantitative estimate of drug-likeness (QED) is 0.655. The molecule has 2 heterocycles. The van der Waals surface area contributed by atoms with Gasteiger partial charge in [0.25, 0.3) is 0 Å². The molecule has 0 aliphatic carbocycles. The van der Waals surface area contributed by atoms with Gasteiger partial charge in [-0.3, -0.25) is 4.79 Å². The third-order valence-electron chi connectivity index (χ3n) is 4.08. The number of carbonyl (C=O) groups excluding carboxylic acids is 1. The van der Waals surface area contributed by atoms with Gasteiger partial charge in [0, 0.05) is 19.6 Å². The Hall–Kier alpha value is -2.32. The smallest absolute Gasteiger partial charge is 0.249 e. The van der Waals surface area contributed by atoms with Crippen LogP contribution < -0.4 is 5.32 Å². The van der Waals surface area contributed by atoms with Crippen molar-refractivity contribution in [3.63, 3.8) is 0 Å². The second-order valence-electron chi connectivity index (χ2n) is 5.70. The fourth-order valence-electron chi connectivity index (χ4n) is 2.94. The summed E-state index contributed by atoms with van der Waals surface area (Å²) in [5, 5.41) is 2.94. The highest BCUT2D eigenvalue weighted by Gasteiger charge is 2.22. The van der Waals surface area contributed by atoms with Gasteiger partial charge in [0.1, 0.15) is 11.9 Å². The van der Waals surface area contributed by atoms with Crippen molar-refractivity contribution in [1.82, 2.24) is 14.9 Å². The highest BCUT2D eigenvalue weighted by molar-refractivity contribution is 5.80. The summed E-state index contributed by atoms with van der Waals surface area (Å²) in [6.45, 7) is 1.82. The molecule has 1 fully saturated rings. The third-order valence-corrected chi connectivity index (χ3v) is 4.08. The fourth-order valence-corrected chi connectivity index (χ4v) is 2.94. The summed E-state index contributed by atoms with van der Waals surface area (Å²) >= 11 is 0. The number of aryl methyl sites for hydroxylation is 1. The molecule has 23 heavy (non-hydrogen) atoms. The second-order valence-corrected chi connectivity index (χ2v) is 5.70. The minimum absolute atomic E-state index is 0.000345. The molecule has 5 heteroatoms. The first-order valence-electron chi connectivity index (χ1n) is 8.06. The Kier molecular flexibility index (Phi) is 4.94. The Morgan fingerprint density at radius 1 is 1.48 bits per heavy atom. The molecule has 1 aromatic carbocycles. The number of aromatic nitrogens is 2. The zero-order chi connectivity index (χ0) is 16.1. The average molecular weight is 311 g/mol. The van der Waals surface area contributed by atoms with E-state index in [4.69, 9.17) is 11.2 Å². The Morgan fingerprint density at radius 2 is 2.35 bits per heavy atom. The Labute approximate surface area is 136 Å². The molecular weight excluding hydrogens is 290 g/mol. The zero-order valence-corrected chi connectivity index (χ0v) is 13.1. The third kappa shape index (κ3) is 3.54. The summed E-state index contributed by atoms with van der Waals surface area (Å²) < 4.78 is 7.44. The minimum atomic E-state index is -0.263. The lowest BCUT2D eigenvalue weighted by Crippen LogP contribution is -2.34. The summed E-state index contributed by atoms with van der Waals surface area (Å²) in [5.41, 5.74) is 2.02. The van der Waals surface area contributed by atoms with Crippen LogP contribution in [0, 0.1) is 12.3 Å². The number of amides is 1. The van der Waals surface area contributed by atoms with Gasteiger partial charge in [-0.1, -0.05) is 18.1 Å². The average Bonchev–Trinajstić information content (AvgIpc) is 3.20. The standard InChI is InChI=1S/C18H21N3O2/c1-2-12-21-15-8-4-3-7-14(15)20-17(21)10-5-11-19-18(22)16-9-6-13-23-16/h1,3-4,7-8,16H,5-6,9-13H2,(H,19,22). The van der Waals surface area contributed by atoms with E-state index in [1.165, 1.54) is 0 Å². The summed E-state index contributed by atoms with van der Waals surface area (Å²) in [5.74, 6) is 3.65. The van der Waals surface area contributed by atoms with Crippen LogP contribution in [0.2, 0.25) is 0 Å². The van der Waals surface area contributed by atoms with Crippen molar-refractivity contribution < 1.29 is 9.53 Å². The monoisotopic (exact) mass is 311 g/mol. The van der Waals surface area contributed by atoms with Gasteiger partial charge in [0.05, 0.1) is 17.6 Å². The number of nitrogens with zero attached hydrogens (tertiary/aromatic N) is 2. The maximum absolute atomic E-state index is 11.9. The molecule has 1 saturated heterocycles. The van der Waals surface area contributed by atoms with Gasteiger partial charge < -0.3 is 14.6 Å². The lowest BCUT2D eigenvalue weighted by atomic mass is 10.2. The molecule has 1 aliphatic rings. The molecule has 0 radical (unpaired) electrons. The number of nitrogens with one attached hydrogen (secondary N) is 1. The van der Waals surface area contributed by atoms with Crippen LogP contribution in [0.3, 0.4) is 0 Å². The van der Waals surface area contributed by atoms with Crippen LogP contribution in [-0.2, 0) is 22.5 Å². The number of rotatable bonds is 6. The molecule has 1 N–H and O–H groups in total. The summed E-state index contributed by atoms with van der Waals surface area (Å²) in [4.78, 5) is 16.5. The first-order valence-corrected chi connectivity index (χ1v) is 8.06. The van der Waals surface area contributed by atoms with Crippen LogP contribution in [0.1, 0.15) is 25.1 Å². The molecule has 1 aliphatic heterocycles. The Bertz CT molecular complexity index is 723. The lowest BCUT2D eigenvalue weighted by molar-refractivity contribution is -0.130. The molecular formula is C18H21N3O2. The maximum atomic E-state index is 11.9. The molecule has 0 spiro atoms. The topological polar surface area (TPSA) is 56.2 Å². The van der Waals surface area contributed by atoms with Crippen molar-refractivity contribution in [3.8, 4) is 12.3 Å². The molecule has 1 aromatic heterocycles. The van der Waals surface area contributed by atoms with Gasteiger partial charge in [-0.05, 0) is 31.4 Å². The van der Waals surface area contributed by atoms with E-state index in [2.05, 4.69) is 20.8 Å².